The Morgan fingerprint density at radius 1 is 1.23 bits per heavy atom. The van der Waals surface area contributed by atoms with Gasteiger partial charge in [-0.15, -0.1) is 21.5 Å². The van der Waals surface area contributed by atoms with Crippen LogP contribution in [0, 0.1) is 0 Å². The van der Waals surface area contributed by atoms with Gasteiger partial charge in [0.15, 0.2) is 5.82 Å². The average Bonchev–Trinajstić information content (AvgIpc) is 3.42. The number of hydrogen-bond acceptors (Lipinski definition) is 6. The van der Waals surface area contributed by atoms with Gasteiger partial charge in [0.25, 0.3) is 0 Å². The highest BCUT2D eigenvalue weighted by Gasteiger charge is 2.23. The first-order valence-electron chi connectivity index (χ1n) is 9.78. The third kappa shape index (κ3) is 4.82. The van der Waals surface area contributed by atoms with Crippen LogP contribution in [-0.4, -0.2) is 32.6 Å². The van der Waals surface area contributed by atoms with Crippen LogP contribution in [0.5, 0.6) is 0 Å². The number of aromatic amines is 1. The molecule has 3 aromatic heterocycles. The highest BCUT2D eigenvalue weighted by Crippen LogP contribution is 2.41. The standard InChI is InChI=1S/C22H21ClN6OS/c1-3-24-20(14-4-6-16(23)7-5-14)17-11-18(31-21(17)22-26-12-27-29-22)15-8-9-25-19(10-15)28-13(2)30/h4-12,20,24H,3H2,1-2H3,(H,25,28,30)(H,26,27,29). The van der Waals surface area contributed by atoms with Gasteiger partial charge >= 0.3 is 0 Å². The lowest BCUT2D eigenvalue weighted by molar-refractivity contribution is -0.114. The maximum atomic E-state index is 11.4. The lowest BCUT2D eigenvalue weighted by Gasteiger charge is -2.19. The molecule has 0 fully saturated rings. The molecule has 0 saturated carbocycles. The number of hydrogen-bond donors (Lipinski definition) is 3. The van der Waals surface area contributed by atoms with Gasteiger partial charge < -0.3 is 15.6 Å². The predicted octanol–water partition coefficient (Wildman–Crippen LogP) is 4.91. The number of aromatic nitrogens is 4. The molecule has 0 saturated heterocycles. The normalized spacial score (nSPS) is 12.0. The summed E-state index contributed by atoms with van der Waals surface area (Å²) in [4.78, 5) is 20.8. The van der Waals surface area contributed by atoms with Crippen molar-refractivity contribution in [2.75, 3.05) is 11.9 Å². The molecular weight excluding hydrogens is 432 g/mol. The Bertz CT molecular complexity index is 1170. The number of pyridine rings is 1. The molecule has 1 atom stereocenters. The van der Waals surface area contributed by atoms with E-state index in [9.17, 15) is 4.79 Å². The molecule has 0 aliphatic carbocycles. The fourth-order valence-corrected chi connectivity index (χ4v) is 4.63. The minimum absolute atomic E-state index is 0.0518. The SMILES string of the molecule is CCNC(c1ccc(Cl)cc1)c1cc(-c2ccnc(NC(C)=O)c2)sc1-c1nnc[nH]1. The molecule has 0 radical (unpaired) electrons. The number of halogens is 1. The first kappa shape index (κ1) is 21.2. The van der Waals surface area contributed by atoms with Crippen LogP contribution in [0.3, 0.4) is 0 Å². The van der Waals surface area contributed by atoms with E-state index in [1.165, 1.54) is 6.92 Å². The lowest BCUT2D eigenvalue weighted by Crippen LogP contribution is -2.22. The largest absolute Gasteiger partial charge is 0.327 e. The van der Waals surface area contributed by atoms with Gasteiger partial charge in [-0.3, -0.25) is 4.79 Å². The monoisotopic (exact) mass is 452 g/mol. The number of benzene rings is 1. The smallest absolute Gasteiger partial charge is 0.222 e. The van der Waals surface area contributed by atoms with Crippen molar-refractivity contribution in [1.29, 1.82) is 0 Å². The van der Waals surface area contributed by atoms with E-state index < -0.39 is 0 Å². The van der Waals surface area contributed by atoms with E-state index in [1.807, 2.05) is 36.4 Å². The maximum absolute atomic E-state index is 11.4. The molecule has 1 amide bonds. The number of amides is 1. The third-order valence-electron chi connectivity index (χ3n) is 4.66. The summed E-state index contributed by atoms with van der Waals surface area (Å²) in [6.45, 7) is 4.33. The average molecular weight is 453 g/mol. The molecule has 1 aromatic carbocycles. The van der Waals surface area contributed by atoms with Crippen LogP contribution in [0.4, 0.5) is 5.82 Å². The number of thiophene rings is 1. The van der Waals surface area contributed by atoms with E-state index in [2.05, 4.69) is 43.8 Å². The van der Waals surface area contributed by atoms with Crippen molar-refractivity contribution in [1.82, 2.24) is 25.5 Å². The Morgan fingerprint density at radius 3 is 2.71 bits per heavy atom. The molecule has 1 unspecified atom stereocenters. The number of anilines is 1. The van der Waals surface area contributed by atoms with E-state index >= 15 is 0 Å². The van der Waals surface area contributed by atoms with Gasteiger partial charge in [0.05, 0.1) is 10.9 Å². The summed E-state index contributed by atoms with van der Waals surface area (Å²) in [5.74, 6) is 1.06. The molecule has 7 nitrogen and oxygen atoms in total. The first-order valence-corrected chi connectivity index (χ1v) is 11.0. The fourth-order valence-electron chi connectivity index (χ4n) is 3.36. The summed E-state index contributed by atoms with van der Waals surface area (Å²) in [6, 6.07) is 13.7. The molecule has 158 valence electrons. The molecule has 0 aliphatic heterocycles. The quantitative estimate of drug-likeness (QED) is 0.370. The molecule has 0 spiro atoms. The second-order valence-corrected chi connectivity index (χ2v) is 8.37. The van der Waals surface area contributed by atoms with Gasteiger partial charge in [-0.05, 0) is 53.6 Å². The first-order chi connectivity index (χ1) is 15.0. The minimum atomic E-state index is -0.159. The zero-order valence-electron chi connectivity index (χ0n) is 17.0. The van der Waals surface area contributed by atoms with Crippen molar-refractivity contribution in [3.63, 3.8) is 0 Å². The van der Waals surface area contributed by atoms with Gasteiger partial charge in [-0.25, -0.2) is 4.98 Å². The Kier molecular flexibility index (Phi) is 6.41. The topological polar surface area (TPSA) is 95.6 Å². The van der Waals surface area contributed by atoms with Crippen LogP contribution >= 0.6 is 22.9 Å². The Labute approximate surface area is 188 Å². The number of H-pyrrole nitrogens is 1. The van der Waals surface area contributed by atoms with E-state index in [0.717, 1.165) is 33.0 Å². The fraction of sp³-hybridized carbons (Fsp3) is 0.182. The van der Waals surface area contributed by atoms with Crippen LogP contribution in [0.2, 0.25) is 5.02 Å². The molecule has 31 heavy (non-hydrogen) atoms. The van der Waals surface area contributed by atoms with Crippen molar-refractivity contribution < 1.29 is 4.79 Å². The minimum Gasteiger partial charge on any atom is -0.327 e. The Balaban J connectivity index is 1.82. The summed E-state index contributed by atoms with van der Waals surface area (Å²) in [5, 5.41) is 15.2. The summed E-state index contributed by atoms with van der Waals surface area (Å²) in [5.41, 5.74) is 3.14. The van der Waals surface area contributed by atoms with Gasteiger partial charge in [0.2, 0.25) is 5.91 Å². The molecule has 4 rings (SSSR count). The molecule has 0 bridgehead atoms. The maximum Gasteiger partial charge on any atom is 0.222 e. The molecular formula is C22H21ClN6OS. The van der Waals surface area contributed by atoms with Gasteiger partial charge in [0, 0.05) is 23.0 Å². The molecule has 3 N–H and O–H groups in total. The van der Waals surface area contributed by atoms with E-state index in [1.54, 1.807) is 23.9 Å². The van der Waals surface area contributed by atoms with E-state index in [-0.39, 0.29) is 11.9 Å². The zero-order valence-corrected chi connectivity index (χ0v) is 18.6. The van der Waals surface area contributed by atoms with Crippen LogP contribution < -0.4 is 10.6 Å². The van der Waals surface area contributed by atoms with Gasteiger partial charge in [-0.2, -0.15) is 0 Å². The second kappa shape index (κ2) is 9.38. The number of nitrogens with one attached hydrogen (secondary N) is 3. The van der Waals surface area contributed by atoms with E-state index in [0.29, 0.717) is 16.7 Å². The molecule has 0 aliphatic rings. The van der Waals surface area contributed by atoms with Crippen molar-refractivity contribution in [3.05, 3.63) is 71.1 Å². The van der Waals surface area contributed by atoms with Crippen molar-refractivity contribution in [3.8, 4) is 21.1 Å². The highest BCUT2D eigenvalue weighted by atomic mass is 35.5. The van der Waals surface area contributed by atoms with Crippen LogP contribution in [0.15, 0.2) is 55.0 Å². The second-order valence-electron chi connectivity index (χ2n) is 6.89. The van der Waals surface area contributed by atoms with Gasteiger partial charge in [-0.1, -0.05) is 30.7 Å². The molecule has 3 heterocycles. The van der Waals surface area contributed by atoms with Gasteiger partial charge in [0.1, 0.15) is 12.1 Å². The lowest BCUT2D eigenvalue weighted by atomic mass is 9.98. The summed E-state index contributed by atoms with van der Waals surface area (Å²) < 4.78 is 0. The summed E-state index contributed by atoms with van der Waals surface area (Å²) in [7, 11) is 0. The zero-order chi connectivity index (χ0) is 21.8. The van der Waals surface area contributed by atoms with Crippen molar-refractivity contribution in [2.45, 2.75) is 19.9 Å². The summed E-state index contributed by atoms with van der Waals surface area (Å²) in [6.07, 6.45) is 3.26. The van der Waals surface area contributed by atoms with Crippen LogP contribution in [0.1, 0.15) is 31.0 Å². The Hall–Kier alpha value is -3.07. The predicted molar refractivity (Wildman–Crippen MR) is 124 cm³/mol. The van der Waals surface area contributed by atoms with Crippen molar-refractivity contribution >= 4 is 34.7 Å². The van der Waals surface area contributed by atoms with Crippen LogP contribution in [-0.2, 0) is 4.79 Å². The Morgan fingerprint density at radius 2 is 2.03 bits per heavy atom. The number of nitrogens with zero attached hydrogens (tertiary/aromatic N) is 3. The number of carbonyl (C=O) groups excluding carboxylic acids is 1. The molecule has 9 heteroatoms. The third-order valence-corrected chi connectivity index (χ3v) is 6.12. The molecule has 4 aromatic rings. The highest BCUT2D eigenvalue weighted by molar-refractivity contribution is 7.19. The van der Waals surface area contributed by atoms with Crippen molar-refractivity contribution in [2.24, 2.45) is 0 Å². The summed E-state index contributed by atoms with van der Waals surface area (Å²) >= 11 is 7.72. The number of rotatable bonds is 7. The van der Waals surface area contributed by atoms with Crippen LogP contribution in [0.25, 0.3) is 21.1 Å². The van der Waals surface area contributed by atoms with E-state index in [4.69, 9.17) is 11.6 Å². The number of carbonyl (C=O) groups is 1.